The Hall–Kier alpha value is -1.39. The number of nitrogens with one attached hydrogen (secondary N) is 1. The highest BCUT2D eigenvalue weighted by molar-refractivity contribution is 5.72. The van der Waals surface area contributed by atoms with Crippen LogP contribution in [0.3, 0.4) is 0 Å². The van der Waals surface area contributed by atoms with Gasteiger partial charge in [-0.25, -0.2) is 4.98 Å². The lowest BCUT2D eigenvalue weighted by molar-refractivity contribution is 0.0396. The van der Waals surface area contributed by atoms with Crippen LogP contribution in [0, 0.1) is 5.92 Å². The molecule has 1 N–H and O–H groups in total. The number of para-hydroxylation sites is 2. The van der Waals surface area contributed by atoms with E-state index in [-0.39, 0.29) is 0 Å². The molecule has 102 valence electrons. The van der Waals surface area contributed by atoms with Gasteiger partial charge in [-0.2, -0.15) is 0 Å². The lowest BCUT2D eigenvalue weighted by Crippen LogP contribution is -2.39. The van der Waals surface area contributed by atoms with Gasteiger partial charge in [-0.15, -0.1) is 0 Å². The van der Waals surface area contributed by atoms with Crippen LogP contribution < -0.4 is 5.32 Å². The maximum absolute atomic E-state index is 5.80. The molecule has 1 saturated heterocycles. The standard InChI is InChI=1S/C15H20N2O2/c1-16-13(11-5-4-8-18-10-11)9-15-17-12-6-2-3-7-14(12)19-15/h2-3,6-7,11,13,16H,4-5,8-10H2,1H3. The number of nitrogens with zero attached hydrogens (tertiary/aromatic N) is 1. The number of rotatable bonds is 4. The molecule has 2 aromatic rings. The predicted molar refractivity (Wildman–Crippen MR) is 74.1 cm³/mol. The molecule has 0 saturated carbocycles. The molecule has 1 aromatic heterocycles. The van der Waals surface area contributed by atoms with Crippen molar-refractivity contribution >= 4 is 11.1 Å². The molecule has 2 heterocycles. The topological polar surface area (TPSA) is 47.3 Å². The Labute approximate surface area is 113 Å². The minimum absolute atomic E-state index is 0.369. The Kier molecular flexibility index (Phi) is 3.80. The van der Waals surface area contributed by atoms with E-state index < -0.39 is 0 Å². The summed E-state index contributed by atoms with van der Waals surface area (Å²) >= 11 is 0. The van der Waals surface area contributed by atoms with Gasteiger partial charge in [-0.1, -0.05) is 12.1 Å². The van der Waals surface area contributed by atoms with Crippen molar-refractivity contribution in [1.29, 1.82) is 0 Å². The molecule has 0 amide bonds. The van der Waals surface area contributed by atoms with Crippen molar-refractivity contribution in [1.82, 2.24) is 10.3 Å². The van der Waals surface area contributed by atoms with Gasteiger partial charge in [0, 0.05) is 19.1 Å². The maximum atomic E-state index is 5.80. The van der Waals surface area contributed by atoms with Crippen LogP contribution in [0.15, 0.2) is 28.7 Å². The van der Waals surface area contributed by atoms with Gasteiger partial charge < -0.3 is 14.5 Å². The third-order valence-corrected chi connectivity index (χ3v) is 3.87. The van der Waals surface area contributed by atoms with Gasteiger partial charge in [0.2, 0.25) is 0 Å². The van der Waals surface area contributed by atoms with Gasteiger partial charge in [0.15, 0.2) is 11.5 Å². The van der Waals surface area contributed by atoms with Crippen molar-refractivity contribution in [2.75, 3.05) is 20.3 Å². The molecule has 3 rings (SSSR count). The SMILES string of the molecule is CNC(Cc1nc2ccccc2o1)C1CCCOC1. The number of fused-ring (bicyclic) bond motifs is 1. The van der Waals surface area contributed by atoms with E-state index in [0.717, 1.165) is 43.0 Å². The van der Waals surface area contributed by atoms with Crippen LogP contribution in [0.1, 0.15) is 18.7 Å². The normalized spacial score (nSPS) is 21.6. The van der Waals surface area contributed by atoms with Crippen molar-refractivity contribution in [3.8, 4) is 0 Å². The molecule has 0 aliphatic carbocycles. The first-order chi connectivity index (χ1) is 9.36. The van der Waals surface area contributed by atoms with Crippen molar-refractivity contribution in [3.63, 3.8) is 0 Å². The molecule has 0 spiro atoms. The average molecular weight is 260 g/mol. The van der Waals surface area contributed by atoms with E-state index in [4.69, 9.17) is 9.15 Å². The van der Waals surface area contributed by atoms with E-state index in [1.54, 1.807) is 0 Å². The molecule has 0 bridgehead atoms. The third-order valence-electron chi connectivity index (χ3n) is 3.87. The first kappa shape index (κ1) is 12.6. The van der Waals surface area contributed by atoms with Crippen molar-refractivity contribution in [2.45, 2.75) is 25.3 Å². The molecule has 1 aromatic carbocycles. The summed E-state index contributed by atoms with van der Waals surface area (Å²) in [5.74, 6) is 1.36. The fraction of sp³-hybridized carbons (Fsp3) is 0.533. The van der Waals surface area contributed by atoms with Gasteiger partial charge in [0.05, 0.1) is 6.61 Å². The third kappa shape index (κ3) is 2.80. The monoisotopic (exact) mass is 260 g/mol. The van der Waals surface area contributed by atoms with E-state index in [2.05, 4.69) is 10.3 Å². The Morgan fingerprint density at radius 2 is 2.32 bits per heavy atom. The molecule has 2 unspecified atom stereocenters. The first-order valence-electron chi connectivity index (χ1n) is 6.96. The lowest BCUT2D eigenvalue weighted by atomic mass is 9.91. The van der Waals surface area contributed by atoms with Crippen molar-refractivity contribution in [2.24, 2.45) is 5.92 Å². The zero-order valence-corrected chi connectivity index (χ0v) is 11.3. The molecule has 1 fully saturated rings. The molecule has 4 heteroatoms. The van der Waals surface area contributed by atoms with E-state index in [0.29, 0.717) is 12.0 Å². The van der Waals surface area contributed by atoms with Gasteiger partial charge in [0.1, 0.15) is 5.52 Å². The fourth-order valence-corrected chi connectivity index (χ4v) is 2.78. The van der Waals surface area contributed by atoms with Crippen LogP contribution in [0.2, 0.25) is 0 Å². The summed E-state index contributed by atoms with van der Waals surface area (Å²) < 4.78 is 11.4. The molecule has 4 nitrogen and oxygen atoms in total. The summed E-state index contributed by atoms with van der Waals surface area (Å²) in [7, 11) is 2.00. The van der Waals surface area contributed by atoms with E-state index in [1.165, 1.54) is 6.42 Å². The minimum atomic E-state index is 0.369. The number of oxazole rings is 1. The van der Waals surface area contributed by atoms with E-state index >= 15 is 0 Å². The number of ether oxygens (including phenoxy) is 1. The second-order valence-corrected chi connectivity index (χ2v) is 5.15. The van der Waals surface area contributed by atoms with Crippen LogP contribution in [-0.2, 0) is 11.2 Å². The Morgan fingerprint density at radius 1 is 1.42 bits per heavy atom. The fourth-order valence-electron chi connectivity index (χ4n) is 2.78. The average Bonchev–Trinajstić information content (AvgIpc) is 2.88. The Morgan fingerprint density at radius 3 is 3.05 bits per heavy atom. The zero-order valence-electron chi connectivity index (χ0n) is 11.3. The van der Waals surface area contributed by atoms with Crippen LogP contribution in [0.5, 0.6) is 0 Å². The Bertz CT molecular complexity index is 499. The van der Waals surface area contributed by atoms with Crippen molar-refractivity contribution < 1.29 is 9.15 Å². The van der Waals surface area contributed by atoms with Gasteiger partial charge in [0.25, 0.3) is 0 Å². The van der Waals surface area contributed by atoms with Crippen LogP contribution in [-0.4, -0.2) is 31.3 Å². The van der Waals surface area contributed by atoms with Crippen LogP contribution in [0.25, 0.3) is 11.1 Å². The summed E-state index contributed by atoms with van der Waals surface area (Å²) in [5, 5.41) is 3.38. The quantitative estimate of drug-likeness (QED) is 0.917. The smallest absolute Gasteiger partial charge is 0.197 e. The summed E-state index contributed by atoms with van der Waals surface area (Å²) in [6.45, 7) is 1.74. The van der Waals surface area contributed by atoms with Gasteiger partial charge in [-0.05, 0) is 37.9 Å². The summed E-state index contributed by atoms with van der Waals surface area (Å²) in [5.41, 5.74) is 1.81. The van der Waals surface area contributed by atoms with Gasteiger partial charge in [-0.3, -0.25) is 0 Å². The Balaban J connectivity index is 1.74. The molecule has 19 heavy (non-hydrogen) atoms. The largest absolute Gasteiger partial charge is 0.441 e. The lowest BCUT2D eigenvalue weighted by Gasteiger charge is -2.29. The summed E-state index contributed by atoms with van der Waals surface area (Å²) in [4.78, 5) is 4.55. The molecular formula is C15H20N2O2. The van der Waals surface area contributed by atoms with Crippen molar-refractivity contribution in [3.05, 3.63) is 30.2 Å². The highest BCUT2D eigenvalue weighted by Crippen LogP contribution is 2.22. The van der Waals surface area contributed by atoms with E-state index in [1.807, 2.05) is 31.3 Å². The minimum Gasteiger partial charge on any atom is -0.441 e. The number of hydrogen-bond acceptors (Lipinski definition) is 4. The first-order valence-corrected chi connectivity index (χ1v) is 6.96. The van der Waals surface area contributed by atoms with E-state index in [9.17, 15) is 0 Å². The molecule has 0 radical (unpaired) electrons. The molecule has 1 aliphatic heterocycles. The van der Waals surface area contributed by atoms with Gasteiger partial charge >= 0.3 is 0 Å². The highest BCUT2D eigenvalue weighted by atomic mass is 16.5. The number of hydrogen-bond donors (Lipinski definition) is 1. The highest BCUT2D eigenvalue weighted by Gasteiger charge is 2.24. The molecular weight excluding hydrogens is 240 g/mol. The maximum Gasteiger partial charge on any atom is 0.197 e. The second-order valence-electron chi connectivity index (χ2n) is 5.15. The summed E-state index contributed by atoms with van der Waals surface area (Å²) in [6, 6.07) is 8.28. The number of benzene rings is 1. The predicted octanol–water partition coefficient (Wildman–Crippen LogP) is 2.38. The summed E-state index contributed by atoms with van der Waals surface area (Å²) in [6.07, 6.45) is 3.18. The second kappa shape index (κ2) is 5.72. The van der Waals surface area contributed by atoms with Crippen LogP contribution >= 0.6 is 0 Å². The zero-order chi connectivity index (χ0) is 13.1. The molecule has 2 atom stereocenters. The van der Waals surface area contributed by atoms with Crippen LogP contribution in [0.4, 0.5) is 0 Å². The molecule has 1 aliphatic rings. The number of likely N-dealkylation sites (N-methyl/N-ethyl adjacent to an activating group) is 1. The number of aromatic nitrogens is 1.